The lowest BCUT2D eigenvalue weighted by Crippen LogP contribution is -2.24. The van der Waals surface area contributed by atoms with Crippen LogP contribution < -0.4 is 5.32 Å². The van der Waals surface area contributed by atoms with Crippen LogP contribution in [0, 0.1) is 5.92 Å². The molecule has 1 aromatic heterocycles. The molecule has 0 radical (unpaired) electrons. The van der Waals surface area contributed by atoms with Crippen molar-refractivity contribution in [3.63, 3.8) is 0 Å². The van der Waals surface area contributed by atoms with Gasteiger partial charge in [-0.15, -0.1) is 0 Å². The summed E-state index contributed by atoms with van der Waals surface area (Å²) in [6.07, 6.45) is 2.78. The van der Waals surface area contributed by atoms with E-state index in [1.807, 2.05) is 4.68 Å². The summed E-state index contributed by atoms with van der Waals surface area (Å²) in [4.78, 5) is 4.21. The van der Waals surface area contributed by atoms with Crippen molar-refractivity contribution in [2.45, 2.75) is 26.4 Å². The molecule has 1 aromatic rings. The van der Waals surface area contributed by atoms with Crippen molar-refractivity contribution in [1.29, 1.82) is 0 Å². The molecule has 5 nitrogen and oxygen atoms in total. The summed E-state index contributed by atoms with van der Waals surface area (Å²) < 4.78 is 7.23. The van der Waals surface area contributed by atoms with Crippen LogP contribution in [0.4, 0.5) is 0 Å². The van der Waals surface area contributed by atoms with Gasteiger partial charge in [0, 0.05) is 19.7 Å². The largest absolute Gasteiger partial charge is 0.381 e. The molecule has 0 saturated carbocycles. The fourth-order valence-electron chi connectivity index (χ4n) is 1.82. The van der Waals surface area contributed by atoms with E-state index in [1.54, 1.807) is 6.33 Å². The van der Waals surface area contributed by atoms with Crippen molar-refractivity contribution in [3.05, 3.63) is 12.2 Å². The molecule has 2 heterocycles. The van der Waals surface area contributed by atoms with Gasteiger partial charge in [0.25, 0.3) is 0 Å². The molecule has 1 aliphatic heterocycles. The van der Waals surface area contributed by atoms with E-state index in [0.717, 1.165) is 38.7 Å². The van der Waals surface area contributed by atoms with Gasteiger partial charge in [-0.05, 0) is 19.3 Å². The molecule has 1 aliphatic rings. The van der Waals surface area contributed by atoms with Crippen molar-refractivity contribution in [2.75, 3.05) is 19.8 Å². The van der Waals surface area contributed by atoms with Gasteiger partial charge in [-0.2, -0.15) is 5.10 Å². The van der Waals surface area contributed by atoms with Crippen molar-refractivity contribution >= 4 is 0 Å². The van der Waals surface area contributed by atoms with Crippen LogP contribution in [0.25, 0.3) is 0 Å². The third-order valence-corrected chi connectivity index (χ3v) is 2.74. The van der Waals surface area contributed by atoms with E-state index < -0.39 is 0 Å². The number of hydrogen-bond donors (Lipinski definition) is 1. The normalized spacial score (nSPS) is 21.0. The zero-order valence-electron chi connectivity index (χ0n) is 9.15. The van der Waals surface area contributed by atoms with E-state index in [4.69, 9.17) is 4.74 Å². The second kappa shape index (κ2) is 5.23. The average molecular weight is 210 g/mol. The smallest absolute Gasteiger partial charge is 0.140 e. The topological polar surface area (TPSA) is 52.0 Å². The maximum atomic E-state index is 5.32. The molecule has 1 saturated heterocycles. The molecule has 0 bridgehead atoms. The predicted molar refractivity (Wildman–Crippen MR) is 56.3 cm³/mol. The molecule has 84 valence electrons. The zero-order valence-corrected chi connectivity index (χ0v) is 9.15. The molecular formula is C10H18N4O. The summed E-state index contributed by atoms with van der Waals surface area (Å²) in [5.41, 5.74) is 0. The maximum absolute atomic E-state index is 5.32. The first-order valence-corrected chi connectivity index (χ1v) is 5.55. The summed E-state index contributed by atoms with van der Waals surface area (Å²) in [7, 11) is 0. The number of hydrogen-bond acceptors (Lipinski definition) is 4. The molecule has 1 atom stereocenters. The summed E-state index contributed by atoms with van der Waals surface area (Å²) in [5, 5.41) is 7.53. The molecule has 5 heteroatoms. The third-order valence-electron chi connectivity index (χ3n) is 2.74. The fraction of sp³-hybridized carbons (Fsp3) is 0.800. The number of aromatic nitrogens is 3. The number of nitrogens with zero attached hydrogens (tertiary/aromatic N) is 3. The summed E-state index contributed by atoms with van der Waals surface area (Å²) in [5.74, 6) is 1.68. The minimum Gasteiger partial charge on any atom is -0.381 e. The van der Waals surface area contributed by atoms with E-state index >= 15 is 0 Å². The SMILES string of the molecule is CCn1ncnc1CNCC1CCOC1. The van der Waals surface area contributed by atoms with E-state index in [9.17, 15) is 0 Å². The highest BCUT2D eigenvalue weighted by Gasteiger charge is 2.15. The van der Waals surface area contributed by atoms with Crippen molar-refractivity contribution in [2.24, 2.45) is 5.92 Å². The van der Waals surface area contributed by atoms with Crippen LogP contribution in [0.2, 0.25) is 0 Å². The van der Waals surface area contributed by atoms with Gasteiger partial charge in [-0.25, -0.2) is 9.67 Å². The van der Waals surface area contributed by atoms with Gasteiger partial charge in [0.2, 0.25) is 0 Å². The average Bonchev–Trinajstić information content (AvgIpc) is 2.88. The predicted octanol–water partition coefficient (Wildman–Crippen LogP) is 0.424. The van der Waals surface area contributed by atoms with Gasteiger partial charge in [-0.3, -0.25) is 0 Å². The Morgan fingerprint density at radius 1 is 1.67 bits per heavy atom. The van der Waals surface area contributed by atoms with Crippen molar-refractivity contribution in [3.8, 4) is 0 Å². The Balaban J connectivity index is 1.73. The highest BCUT2D eigenvalue weighted by Crippen LogP contribution is 2.10. The summed E-state index contributed by atoms with van der Waals surface area (Å²) in [6.45, 7) is 6.57. The fourth-order valence-corrected chi connectivity index (χ4v) is 1.82. The minimum atomic E-state index is 0.669. The molecule has 1 fully saturated rings. The monoisotopic (exact) mass is 210 g/mol. The number of rotatable bonds is 5. The van der Waals surface area contributed by atoms with Crippen LogP contribution in [0.15, 0.2) is 6.33 Å². The van der Waals surface area contributed by atoms with Gasteiger partial charge in [-0.1, -0.05) is 0 Å². The molecule has 1 N–H and O–H groups in total. The Bertz CT molecular complexity index is 293. The minimum absolute atomic E-state index is 0.669. The van der Waals surface area contributed by atoms with Gasteiger partial charge in [0.1, 0.15) is 12.2 Å². The molecule has 0 aliphatic carbocycles. The lowest BCUT2D eigenvalue weighted by Gasteiger charge is -2.09. The van der Waals surface area contributed by atoms with E-state index in [0.29, 0.717) is 5.92 Å². The maximum Gasteiger partial charge on any atom is 0.140 e. The Morgan fingerprint density at radius 2 is 2.60 bits per heavy atom. The molecule has 0 aromatic carbocycles. The molecule has 15 heavy (non-hydrogen) atoms. The number of aryl methyl sites for hydroxylation is 1. The van der Waals surface area contributed by atoms with E-state index in [2.05, 4.69) is 22.3 Å². The van der Waals surface area contributed by atoms with Gasteiger partial charge >= 0.3 is 0 Å². The van der Waals surface area contributed by atoms with Gasteiger partial charge < -0.3 is 10.1 Å². The molecule has 1 unspecified atom stereocenters. The van der Waals surface area contributed by atoms with Crippen LogP contribution in [0.3, 0.4) is 0 Å². The van der Waals surface area contributed by atoms with E-state index in [1.165, 1.54) is 6.42 Å². The standard InChI is InChI=1S/C10H18N4O/c1-2-14-10(12-8-13-14)6-11-5-9-3-4-15-7-9/h8-9,11H,2-7H2,1H3. The van der Waals surface area contributed by atoms with Crippen molar-refractivity contribution in [1.82, 2.24) is 20.1 Å². The van der Waals surface area contributed by atoms with E-state index in [-0.39, 0.29) is 0 Å². The Kier molecular flexibility index (Phi) is 3.69. The Morgan fingerprint density at radius 3 is 3.33 bits per heavy atom. The second-order valence-electron chi connectivity index (χ2n) is 3.85. The molecule has 2 rings (SSSR count). The Labute approximate surface area is 89.8 Å². The van der Waals surface area contributed by atoms with Gasteiger partial charge in [0.15, 0.2) is 0 Å². The Hall–Kier alpha value is -0.940. The first-order valence-electron chi connectivity index (χ1n) is 5.55. The van der Waals surface area contributed by atoms with Crippen LogP contribution in [0.1, 0.15) is 19.2 Å². The third kappa shape index (κ3) is 2.76. The van der Waals surface area contributed by atoms with Crippen LogP contribution >= 0.6 is 0 Å². The summed E-state index contributed by atoms with van der Waals surface area (Å²) in [6, 6.07) is 0. The first kappa shape index (κ1) is 10.6. The van der Waals surface area contributed by atoms with Gasteiger partial charge in [0.05, 0.1) is 13.2 Å². The summed E-state index contributed by atoms with van der Waals surface area (Å²) >= 11 is 0. The lowest BCUT2D eigenvalue weighted by atomic mass is 10.1. The van der Waals surface area contributed by atoms with Crippen LogP contribution in [-0.4, -0.2) is 34.5 Å². The number of nitrogens with one attached hydrogen (secondary N) is 1. The second-order valence-corrected chi connectivity index (χ2v) is 3.85. The van der Waals surface area contributed by atoms with Crippen LogP contribution in [0.5, 0.6) is 0 Å². The van der Waals surface area contributed by atoms with Crippen molar-refractivity contribution < 1.29 is 4.74 Å². The first-order chi connectivity index (χ1) is 7.40. The molecule has 0 amide bonds. The molecular weight excluding hydrogens is 192 g/mol. The highest BCUT2D eigenvalue weighted by molar-refractivity contribution is 4.83. The number of ether oxygens (including phenoxy) is 1. The zero-order chi connectivity index (χ0) is 10.5. The molecule has 0 spiro atoms. The lowest BCUT2D eigenvalue weighted by molar-refractivity contribution is 0.185. The highest BCUT2D eigenvalue weighted by atomic mass is 16.5. The van der Waals surface area contributed by atoms with Crippen LogP contribution in [-0.2, 0) is 17.8 Å². The quantitative estimate of drug-likeness (QED) is 0.765.